The Labute approximate surface area is 142 Å². The summed E-state index contributed by atoms with van der Waals surface area (Å²) in [7, 11) is 1.67. The summed E-state index contributed by atoms with van der Waals surface area (Å²) in [4.78, 5) is 11.6. The number of benzene rings is 2. The summed E-state index contributed by atoms with van der Waals surface area (Å²) in [6, 6.07) is 15.5. The fourth-order valence-corrected chi connectivity index (χ4v) is 3.35. The summed E-state index contributed by atoms with van der Waals surface area (Å²) in [5, 5.41) is 12.9. The van der Waals surface area contributed by atoms with E-state index in [-0.39, 0.29) is 6.04 Å². The van der Waals surface area contributed by atoms with Gasteiger partial charge >= 0.3 is 5.97 Å². The van der Waals surface area contributed by atoms with Crippen molar-refractivity contribution in [1.82, 2.24) is 5.32 Å². The molecule has 1 unspecified atom stereocenters. The molecule has 4 heteroatoms. The summed E-state index contributed by atoms with van der Waals surface area (Å²) < 4.78 is 5.30. The molecule has 0 saturated carbocycles. The third-order valence-electron chi connectivity index (χ3n) is 4.66. The van der Waals surface area contributed by atoms with Crippen molar-refractivity contribution < 1.29 is 14.6 Å². The summed E-state index contributed by atoms with van der Waals surface area (Å²) in [6.45, 7) is 0. The number of aryl methyl sites for hydroxylation is 1. The van der Waals surface area contributed by atoms with Gasteiger partial charge in [-0.3, -0.25) is 4.79 Å². The lowest BCUT2D eigenvalue weighted by Crippen LogP contribution is -2.46. The summed E-state index contributed by atoms with van der Waals surface area (Å²) in [6.07, 6.45) is 3.26. The highest BCUT2D eigenvalue weighted by atomic mass is 16.5. The van der Waals surface area contributed by atoms with Crippen LogP contribution in [0.25, 0.3) is 0 Å². The molecule has 0 aromatic heterocycles. The maximum atomic E-state index is 11.6. The van der Waals surface area contributed by atoms with E-state index in [1.54, 1.807) is 7.11 Å². The van der Waals surface area contributed by atoms with Gasteiger partial charge in [0.1, 0.15) is 11.8 Å². The second-order valence-electron chi connectivity index (χ2n) is 6.32. The van der Waals surface area contributed by atoms with E-state index in [0.29, 0.717) is 6.42 Å². The Hall–Kier alpha value is -2.33. The number of carbonyl (C=O) groups is 1. The minimum atomic E-state index is -0.796. The normalized spacial score (nSPS) is 17.8. The minimum absolute atomic E-state index is 0.175. The van der Waals surface area contributed by atoms with Crippen LogP contribution in [0.4, 0.5) is 0 Å². The quantitative estimate of drug-likeness (QED) is 0.857. The molecule has 0 aliphatic heterocycles. The fourth-order valence-electron chi connectivity index (χ4n) is 3.35. The molecule has 0 heterocycles. The largest absolute Gasteiger partial charge is 0.497 e. The molecule has 2 aromatic rings. The SMILES string of the molecule is COc1ccc2c(c1)CC(N[C@H](Cc1ccccc1)C(=O)O)CC2. The number of hydrogen-bond acceptors (Lipinski definition) is 3. The molecule has 0 fully saturated rings. The number of ether oxygens (including phenoxy) is 1. The Morgan fingerprint density at radius 2 is 2.04 bits per heavy atom. The molecule has 1 aliphatic rings. The monoisotopic (exact) mass is 325 g/mol. The number of hydrogen-bond donors (Lipinski definition) is 2. The van der Waals surface area contributed by atoms with E-state index in [1.807, 2.05) is 36.4 Å². The van der Waals surface area contributed by atoms with E-state index in [9.17, 15) is 9.90 Å². The zero-order chi connectivity index (χ0) is 16.9. The Kier molecular flexibility index (Phi) is 5.16. The molecule has 4 nitrogen and oxygen atoms in total. The number of methoxy groups -OCH3 is 1. The number of aliphatic carboxylic acids is 1. The highest BCUT2D eigenvalue weighted by Crippen LogP contribution is 2.26. The van der Waals surface area contributed by atoms with Crippen molar-refractivity contribution in [3.8, 4) is 5.75 Å². The predicted octanol–water partition coefficient (Wildman–Crippen LogP) is 2.84. The van der Waals surface area contributed by atoms with Gasteiger partial charge in [0.05, 0.1) is 7.11 Å². The zero-order valence-corrected chi connectivity index (χ0v) is 13.9. The molecular weight excluding hydrogens is 302 g/mol. The molecular formula is C20H23NO3. The van der Waals surface area contributed by atoms with Gasteiger partial charge < -0.3 is 15.2 Å². The number of carboxylic acids is 1. The van der Waals surface area contributed by atoms with Crippen LogP contribution < -0.4 is 10.1 Å². The van der Waals surface area contributed by atoms with Gasteiger partial charge in [0.25, 0.3) is 0 Å². The molecule has 1 aliphatic carbocycles. The summed E-state index contributed by atoms with van der Waals surface area (Å²) >= 11 is 0. The average Bonchev–Trinajstić information content (AvgIpc) is 2.61. The molecule has 126 valence electrons. The van der Waals surface area contributed by atoms with E-state index in [4.69, 9.17) is 4.74 Å². The van der Waals surface area contributed by atoms with Crippen LogP contribution in [0.5, 0.6) is 5.75 Å². The molecule has 24 heavy (non-hydrogen) atoms. The van der Waals surface area contributed by atoms with E-state index in [0.717, 1.165) is 30.6 Å². The van der Waals surface area contributed by atoms with E-state index < -0.39 is 12.0 Å². The molecule has 0 radical (unpaired) electrons. The third kappa shape index (κ3) is 3.95. The molecule has 3 rings (SSSR count). The maximum absolute atomic E-state index is 11.6. The van der Waals surface area contributed by atoms with Crippen LogP contribution in [0.2, 0.25) is 0 Å². The molecule has 0 spiro atoms. The van der Waals surface area contributed by atoms with Crippen LogP contribution in [-0.2, 0) is 24.1 Å². The first-order chi connectivity index (χ1) is 11.7. The number of fused-ring (bicyclic) bond motifs is 1. The first-order valence-electron chi connectivity index (χ1n) is 8.34. The Balaban J connectivity index is 1.68. The third-order valence-corrected chi connectivity index (χ3v) is 4.66. The van der Waals surface area contributed by atoms with E-state index >= 15 is 0 Å². The summed E-state index contributed by atoms with van der Waals surface area (Å²) in [5.41, 5.74) is 3.63. The lowest BCUT2D eigenvalue weighted by Gasteiger charge is -2.28. The average molecular weight is 325 g/mol. The first-order valence-corrected chi connectivity index (χ1v) is 8.34. The van der Waals surface area contributed by atoms with Crippen LogP contribution in [-0.4, -0.2) is 30.3 Å². The van der Waals surface area contributed by atoms with Crippen molar-refractivity contribution >= 4 is 5.97 Å². The van der Waals surface area contributed by atoms with Gasteiger partial charge in [0, 0.05) is 6.04 Å². The Morgan fingerprint density at radius 3 is 2.75 bits per heavy atom. The molecule has 0 amide bonds. The molecule has 2 aromatic carbocycles. The van der Waals surface area contributed by atoms with Crippen molar-refractivity contribution in [2.45, 2.75) is 37.8 Å². The van der Waals surface area contributed by atoms with Crippen molar-refractivity contribution in [3.63, 3.8) is 0 Å². The molecule has 2 N–H and O–H groups in total. The van der Waals surface area contributed by atoms with Gasteiger partial charge in [-0.15, -0.1) is 0 Å². The Bertz CT molecular complexity index is 699. The highest BCUT2D eigenvalue weighted by Gasteiger charge is 2.25. The highest BCUT2D eigenvalue weighted by molar-refractivity contribution is 5.74. The smallest absolute Gasteiger partial charge is 0.321 e. The van der Waals surface area contributed by atoms with Gasteiger partial charge in [0.2, 0.25) is 0 Å². The summed E-state index contributed by atoms with van der Waals surface area (Å²) in [5.74, 6) is 0.0590. The number of rotatable bonds is 6. The van der Waals surface area contributed by atoms with Crippen LogP contribution in [0, 0.1) is 0 Å². The van der Waals surface area contributed by atoms with Gasteiger partial charge in [-0.1, -0.05) is 36.4 Å². The minimum Gasteiger partial charge on any atom is -0.497 e. The maximum Gasteiger partial charge on any atom is 0.321 e. The van der Waals surface area contributed by atoms with Crippen molar-refractivity contribution in [2.75, 3.05) is 7.11 Å². The second kappa shape index (κ2) is 7.49. The standard InChI is InChI=1S/C20H23NO3/c1-24-18-10-8-15-7-9-17(12-16(15)13-18)21-19(20(22)23)11-14-5-3-2-4-6-14/h2-6,8,10,13,17,19,21H,7,9,11-12H2,1H3,(H,22,23)/t17?,19-/m1/s1. The Morgan fingerprint density at radius 1 is 1.25 bits per heavy atom. The number of nitrogens with one attached hydrogen (secondary N) is 1. The van der Waals surface area contributed by atoms with Crippen LogP contribution in [0.1, 0.15) is 23.1 Å². The van der Waals surface area contributed by atoms with Crippen molar-refractivity contribution in [3.05, 3.63) is 65.2 Å². The number of carboxylic acid groups (broad SMARTS) is 1. The van der Waals surface area contributed by atoms with Gasteiger partial charge in [-0.25, -0.2) is 0 Å². The van der Waals surface area contributed by atoms with Crippen LogP contribution in [0.3, 0.4) is 0 Å². The molecule has 0 saturated heterocycles. The second-order valence-corrected chi connectivity index (χ2v) is 6.32. The topological polar surface area (TPSA) is 58.6 Å². The van der Waals surface area contributed by atoms with E-state index in [2.05, 4.69) is 17.4 Å². The lowest BCUT2D eigenvalue weighted by atomic mass is 9.87. The van der Waals surface area contributed by atoms with Gasteiger partial charge in [-0.2, -0.15) is 0 Å². The van der Waals surface area contributed by atoms with E-state index in [1.165, 1.54) is 11.1 Å². The predicted molar refractivity (Wildman–Crippen MR) is 93.5 cm³/mol. The lowest BCUT2D eigenvalue weighted by molar-refractivity contribution is -0.139. The molecule has 0 bridgehead atoms. The van der Waals surface area contributed by atoms with Crippen molar-refractivity contribution in [2.24, 2.45) is 0 Å². The van der Waals surface area contributed by atoms with Crippen LogP contribution >= 0.6 is 0 Å². The van der Waals surface area contributed by atoms with Crippen LogP contribution in [0.15, 0.2) is 48.5 Å². The fraction of sp³-hybridized carbons (Fsp3) is 0.350. The zero-order valence-electron chi connectivity index (χ0n) is 13.9. The first kappa shape index (κ1) is 16.5. The van der Waals surface area contributed by atoms with Gasteiger partial charge in [0.15, 0.2) is 0 Å². The van der Waals surface area contributed by atoms with Gasteiger partial charge in [-0.05, 0) is 54.5 Å². The van der Waals surface area contributed by atoms with Crippen molar-refractivity contribution in [1.29, 1.82) is 0 Å². The molecule has 2 atom stereocenters.